The molecule has 30 heavy (non-hydrogen) atoms. The number of carbonyl (C=O) groups is 2. The molecule has 1 saturated heterocycles. The fourth-order valence-corrected chi connectivity index (χ4v) is 4.91. The van der Waals surface area contributed by atoms with Crippen molar-refractivity contribution in [1.82, 2.24) is 14.5 Å². The molecule has 1 aliphatic heterocycles. The second-order valence-electron chi connectivity index (χ2n) is 7.62. The second kappa shape index (κ2) is 10.8. The summed E-state index contributed by atoms with van der Waals surface area (Å²) in [6.07, 6.45) is 4.03. The van der Waals surface area contributed by atoms with Gasteiger partial charge in [0.1, 0.15) is 6.54 Å². The number of hydrogen-bond acceptors (Lipinski definition) is 6. The SMILES string of the molecule is COC(=O)CNC(=O)CN(SC)C1CCN(C(C)c2cccc3ccccc23)CC1. The zero-order valence-electron chi connectivity index (χ0n) is 18.0. The van der Waals surface area contributed by atoms with Gasteiger partial charge in [0, 0.05) is 25.2 Å². The fraction of sp³-hybridized carbons (Fsp3) is 0.478. The third-order valence-corrected chi connectivity index (χ3v) is 6.82. The summed E-state index contributed by atoms with van der Waals surface area (Å²) in [6.45, 7) is 4.47. The normalized spacial score (nSPS) is 16.5. The van der Waals surface area contributed by atoms with Gasteiger partial charge in [0.15, 0.2) is 0 Å². The van der Waals surface area contributed by atoms with E-state index in [9.17, 15) is 9.59 Å². The number of esters is 1. The maximum absolute atomic E-state index is 12.2. The van der Waals surface area contributed by atoms with Gasteiger partial charge in [-0.05, 0) is 42.4 Å². The molecule has 1 heterocycles. The smallest absolute Gasteiger partial charge is 0.325 e. The van der Waals surface area contributed by atoms with E-state index in [2.05, 4.69) is 68.6 Å². The maximum Gasteiger partial charge on any atom is 0.325 e. The molecule has 2 aromatic carbocycles. The Morgan fingerprint density at radius 2 is 1.90 bits per heavy atom. The predicted molar refractivity (Wildman–Crippen MR) is 122 cm³/mol. The minimum atomic E-state index is -0.435. The van der Waals surface area contributed by atoms with E-state index in [0.717, 1.165) is 25.9 Å². The number of benzene rings is 2. The first kappa shape index (κ1) is 22.6. The number of rotatable bonds is 8. The first-order chi connectivity index (χ1) is 14.5. The van der Waals surface area contributed by atoms with Gasteiger partial charge in [-0.25, -0.2) is 4.31 Å². The van der Waals surface area contributed by atoms with Gasteiger partial charge in [0.2, 0.25) is 5.91 Å². The molecular formula is C23H31N3O3S. The second-order valence-corrected chi connectivity index (χ2v) is 8.46. The molecule has 0 radical (unpaired) electrons. The van der Waals surface area contributed by atoms with Gasteiger partial charge in [-0.1, -0.05) is 54.4 Å². The van der Waals surface area contributed by atoms with Crippen molar-refractivity contribution in [2.75, 3.05) is 39.5 Å². The van der Waals surface area contributed by atoms with E-state index in [-0.39, 0.29) is 19.0 Å². The molecule has 1 atom stereocenters. The summed E-state index contributed by atoms with van der Waals surface area (Å²) in [5.74, 6) is -0.587. The summed E-state index contributed by atoms with van der Waals surface area (Å²) in [5.41, 5.74) is 1.37. The molecule has 7 heteroatoms. The number of methoxy groups -OCH3 is 1. The summed E-state index contributed by atoms with van der Waals surface area (Å²) in [6, 6.07) is 15.8. The average molecular weight is 430 g/mol. The number of nitrogens with zero attached hydrogens (tertiary/aromatic N) is 2. The summed E-state index contributed by atoms with van der Waals surface area (Å²) in [7, 11) is 1.32. The number of likely N-dealkylation sites (tertiary alicyclic amines) is 1. The number of ether oxygens (including phenoxy) is 1. The van der Waals surface area contributed by atoms with Crippen molar-refractivity contribution in [3.8, 4) is 0 Å². The predicted octanol–water partition coefficient (Wildman–Crippen LogP) is 3.23. The highest BCUT2D eigenvalue weighted by Crippen LogP contribution is 2.31. The lowest BCUT2D eigenvalue weighted by molar-refractivity contribution is -0.141. The van der Waals surface area contributed by atoms with Gasteiger partial charge < -0.3 is 10.1 Å². The third kappa shape index (κ3) is 5.53. The minimum absolute atomic E-state index is 0.0848. The highest BCUT2D eigenvalue weighted by Gasteiger charge is 2.28. The van der Waals surface area contributed by atoms with Crippen LogP contribution in [0.5, 0.6) is 0 Å². The summed E-state index contributed by atoms with van der Waals surface area (Å²) < 4.78 is 6.70. The standard InChI is InChI=1S/C23H31N3O3S/c1-17(20-10-6-8-18-7-4-5-9-21(18)20)25-13-11-19(12-14-25)26(30-3)16-22(27)24-15-23(28)29-2/h4-10,17,19H,11-16H2,1-3H3,(H,24,27). The lowest BCUT2D eigenvalue weighted by Gasteiger charge is -2.40. The van der Waals surface area contributed by atoms with Crippen LogP contribution in [-0.2, 0) is 14.3 Å². The fourth-order valence-electron chi connectivity index (χ4n) is 4.16. The number of carbonyl (C=O) groups excluding carboxylic acids is 2. The first-order valence-electron chi connectivity index (χ1n) is 10.4. The lowest BCUT2D eigenvalue weighted by atomic mass is 9.96. The van der Waals surface area contributed by atoms with E-state index in [4.69, 9.17) is 0 Å². The molecule has 1 aliphatic rings. The Kier molecular flexibility index (Phi) is 8.13. The maximum atomic E-state index is 12.2. The average Bonchev–Trinajstić information content (AvgIpc) is 2.80. The molecule has 162 valence electrons. The first-order valence-corrected chi connectivity index (χ1v) is 11.6. The van der Waals surface area contributed by atoms with Crippen LogP contribution >= 0.6 is 11.9 Å². The number of piperidine rings is 1. The Labute approximate surface area is 183 Å². The van der Waals surface area contributed by atoms with Crippen molar-refractivity contribution in [3.63, 3.8) is 0 Å². The van der Waals surface area contributed by atoms with Crippen molar-refractivity contribution in [1.29, 1.82) is 0 Å². The van der Waals surface area contributed by atoms with Crippen LogP contribution in [0.15, 0.2) is 42.5 Å². The molecule has 1 fully saturated rings. The Hall–Kier alpha value is -2.09. The minimum Gasteiger partial charge on any atom is -0.468 e. The lowest BCUT2D eigenvalue weighted by Crippen LogP contribution is -2.46. The number of hydrogen-bond donors (Lipinski definition) is 1. The van der Waals surface area contributed by atoms with E-state index in [1.807, 2.05) is 6.26 Å². The monoisotopic (exact) mass is 429 g/mol. The summed E-state index contributed by atoms with van der Waals surface area (Å²) in [5, 5.41) is 5.23. The molecule has 1 amide bonds. The van der Waals surface area contributed by atoms with Crippen molar-refractivity contribution in [2.24, 2.45) is 0 Å². The van der Waals surface area contributed by atoms with Gasteiger partial charge in [0.05, 0.1) is 13.7 Å². The highest BCUT2D eigenvalue weighted by atomic mass is 32.2. The molecule has 0 aromatic heterocycles. The molecule has 1 N–H and O–H groups in total. The van der Waals surface area contributed by atoms with Crippen LogP contribution in [0.25, 0.3) is 10.8 Å². The molecule has 2 aromatic rings. The topological polar surface area (TPSA) is 61.9 Å². The summed E-state index contributed by atoms with van der Waals surface area (Å²) in [4.78, 5) is 25.9. The van der Waals surface area contributed by atoms with Crippen LogP contribution in [0.2, 0.25) is 0 Å². The van der Waals surface area contributed by atoms with Crippen LogP contribution < -0.4 is 5.32 Å². The van der Waals surface area contributed by atoms with E-state index < -0.39 is 5.97 Å². The van der Waals surface area contributed by atoms with Crippen LogP contribution in [0.3, 0.4) is 0 Å². The van der Waals surface area contributed by atoms with Crippen LogP contribution in [-0.4, -0.2) is 66.7 Å². The molecular weight excluding hydrogens is 398 g/mol. The molecule has 1 unspecified atom stereocenters. The quantitative estimate of drug-likeness (QED) is 0.514. The van der Waals surface area contributed by atoms with E-state index in [0.29, 0.717) is 12.1 Å². The number of amides is 1. The molecule has 0 aliphatic carbocycles. The Morgan fingerprint density at radius 3 is 2.60 bits per heavy atom. The highest BCUT2D eigenvalue weighted by molar-refractivity contribution is 7.96. The van der Waals surface area contributed by atoms with Crippen LogP contribution in [0.4, 0.5) is 0 Å². The zero-order valence-corrected chi connectivity index (χ0v) is 18.8. The Morgan fingerprint density at radius 1 is 1.20 bits per heavy atom. The third-order valence-electron chi connectivity index (χ3n) is 5.92. The molecule has 0 saturated carbocycles. The largest absolute Gasteiger partial charge is 0.468 e. The zero-order chi connectivity index (χ0) is 21.5. The molecule has 0 bridgehead atoms. The van der Waals surface area contributed by atoms with Crippen LogP contribution in [0.1, 0.15) is 31.4 Å². The van der Waals surface area contributed by atoms with Crippen molar-refractivity contribution >= 4 is 34.6 Å². The molecule has 3 rings (SSSR count). The Bertz CT molecular complexity index is 862. The van der Waals surface area contributed by atoms with Crippen LogP contribution in [0, 0.1) is 0 Å². The van der Waals surface area contributed by atoms with E-state index in [1.54, 1.807) is 11.9 Å². The number of fused-ring (bicyclic) bond motifs is 1. The Balaban J connectivity index is 1.56. The van der Waals surface area contributed by atoms with Gasteiger partial charge in [-0.15, -0.1) is 0 Å². The van der Waals surface area contributed by atoms with E-state index in [1.165, 1.54) is 23.4 Å². The number of nitrogens with one attached hydrogen (secondary N) is 1. The summed E-state index contributed by atoms with van der Waals surface area (Å²) >= 11 is 1.59. The van der Waals surface area contributed by atoms with Gasteiger partial charge in [-0.2, -0.15) is 0 Å². The van der Waals surface area contributed by atoms with Gasteiger partial charge in [-0.3, -0.25) is 14.5 Å². The van der Waals surface area contributed by atoms with Gasteiger partial charge in [0.25, 0.3) is 0 Å². The van der Waals surface area contributed by atoms with Crippen molar-refractivity contribution in [2.45, 2.75) is 31.8 Å². The van der Waals surface area contributed by atoms with Crippen molar-refractivity contribution < 1.29 is 14.3 Å². The van der Waals surface area contributed by atoms with Crippen molar-refractivity contribution in [3.05, 3.63) is 48.0 Å². The molecule has 6 nitrogen and oxygen atoms in total. The van der Waals surface area contributed by atoms with Gasteiger partial charge >= 0.3 is 5.97 Å². The molecule has 0 spiro atoms. The van der Waals surface area contributed by atoms with E-state index >= 15 is 0 Å².